The molecule has 1 saturated heterocycles. The molecule has 0 radical (unpaired) electrons. The summed E-state index contributed by atoms with van der Waals surface area (Å²) < 4.78 is 2.05. The number of aliphatic hydroxyl groups excluding tert-OH is 1. The Bertz CT molecular complexity index is 450. The normalized spacial score (nSPS) is 17.3. The lowest BCUT2D eigenvalue weighted by Gasteiger charge is -2.32. The third kappa shape index (κ3) is 4.42. The number of aromatic nitrogens is 3. The monoisotopic (exact) mass is 294 g/mol. The van der Waals surface area contributed by atoms with E-state index in [1.54, 1.807) is 6.33 Å². The van der Waals surface area contributed by atoms with E-state index >= 15 is 0 Å². The van der Waals surface area contributed by atoms with Crippen LogP contribution in [0.2, 0.25) is 0 Å². The lowest BCUT2D eigenvalue weighted by atomic mass is 10.1. The highest BCUT2D eigenvalue weighted by atomic mass is 16.3. The first-order valence-electron chi connectivity index (χ1n) is 7.82. The second kappa shape index (κ2) is 7.97. The lowest BCUT2D eigenvalue weighted by Crippen LogP contribution is -2.46. The highest BCUT2D eigenvalue weighted by Gasteiger charge is 2.19. The molecule has 0 aromatic carbocycles. The Labute approximate surface area is 126 Å². The second-order valence-corrected chi connectivity index (χ2v) is 5.25. The molecule has 1 aliphatic rings. The van der Waals surface area contributed by atoms with Gasteiger partial charge in [-0.1, -0.05) is 6.92 Å². The van der Waals surface area contributed by atoms with E-state index in [-0.39, 0.29) is 6.10 Å². The summed E-state index contributed by atoms with van der Waals surface area (Å²) in [5.41, 5.74) is 0. The third-order valence-corrected chi connectivity index (χ3v) is 3.71. The summed E-state index contributed by atoms with van der Waals surface area (Å²) in [5, 5.41) is 20.9. The van der Waals surface area contributed by atoms with Gasteiger partial charge in [-0.3, -0.25) is 4.99 Å². The van der Waals surface area contributed by atoms with Crippen LogP contribution in [0.5, 0.6) is 0 Å². The van der Waals surface area contributed by atoms with Crippen LogP contribution in [-0.4, -0.2) is 63.0 Å². The van der Waals surface area contributed by atoms with Crippen molar-refractivity contribution in [2.45, 2.75) is 45.8 Å². The number of hydrogen-bond donors (Lipinski definition) is 2. The molecule has 0 atom stereocenters. The highest BCUT2D eigenvalue weighted by molar-refractivity contribution is 5.80. The maximum Gasteiger partial charge on any atom is 0.193 e. The molecule has 0 amide bonds. The van der Waals surface area contributed by atoms with Gasteiger partial charge in [0.1, 0.15) is 12.2 Å². The van der Waals surface area contributed by atoms with E-state index in [1.807, 2.05) is 4.57 Å². The molecule has 7 nitrogen and oxygen atoms in total. The molecule has 1 fully saturated rings. The predicted molar refractivity (Wildman–Crippen MR) is 82.2 cm³/mol. The maximum absolute atomic E-state index is 9.59. The van der Waals surface area contributed by atoms with Crippen molar-refractivity contribution in [3.63, 3.8) is 0 Å². The molecule has 2 rings (SSSR count). The summed E-state index contributed by atoms with van der Waals surface area (Å²) >= 11 is 0. The molecule has 1 aliphatic heterocycles. The van der Waals surface area contributed by atoms with Gasteiger partial charge < -0.3 is 19.9 Å². The molecule has 21 heavy (non-hydrogen) atoms. The molecular formula is C14H26N6O. The van der Waals surface area contributed by atoms with Crippen LogP contribution in [-0.2, 0) is 13.0 Å². The van der Waals surface area contributed by atoms with Crippen LogP contribution >= 0.6 is 0 Å². The van der Waals surface area contributed by atoms with Gasteiger partial charge in [0, 0.05) is 32.6 Å². The smallest absolute Gasteiger partial charge is 0.193 e. The summed E-state index contributed by atoms with van der Waals surface area (Å²) in [7, 11) is 0. The van der Waals surface area contributed by atoms with E-state index < -0.39 is 0 Å². The highest BCUT2D eigenvalue weighted by Crippen LogP contribution is 2.10. The van der Waals surface area contributed by atoms with Crippen molar-refractivity contribution >= 4 is 5.96 Å². The van der Waals surface area contributed by atoms with Crippen molar-refractivity contribution in [3.8, 4) is 0 Å². The van der Waals surface area contributed by atoms with Gasteiger partial charge in [-0.25, -0.2) is 0 Å². The first kappa shape index (κ1) is 15.8. The molecule has 0 unspecified atom stereocenters. The fourth-order valence-electron chi connectivity index (χ4n) is 2.51. The minimum absolute atomic E-state index is 0.159. The standard InChI is InChI=1S/C14H26N6O/c1-3-13-18-17-11-20(13)10-7-16-14(15-4-2)19-8-5-12(21)6-9-19/h11-12,21H,3-10H2,1-2H3,(H,15,16). The van der Waals surface area contributed by atoms with E-state index in [4.69, 9.17) is 0 Å². The Kier molecular flexibility index (Phi) is 5.98. The van der Waals surface area contributed by atoms with E-state index in [9.17, 15) is 5.11 Å². The minimum Gasteiger partial charge on any atom is -0.393 e. The van der Waals surface area contributed by atoms with Crippen LogP contribution < -0.4 is 5.32 Å². The van der Waals surface area contributed by atoms with Crippen molar-refractivity contribution in [1.29, 1.82) is 0 Å². The van der Waals surface area contributed by atoms with Crippen LogP contribution in [0.4, 0.5) is 0 Å². The van der Waals surface area contributed by atoms with Gasteiger partial charge in [-0.15, -0.1) is 10.2 Å². The van der Waals surface area contributed by atoms with Gasteiger partial charge in [0.15, 0.2) is 5.96 Å². The van der Waals surface area contributed by atoms with Crippen molar-refractivity contribution < 1.29 is 5.11 Å². The molecule has 2 N–H and O–H groups in total. The zero-order valence-electron chi connectivity index (χ0n) is 13.0. The average Bonchev–Trinajstić information content (AvgIpc) is 2.95. The second-order valence-electron chi connectivity index (χ2n) is 5.25. The SMILES string of the molecule is CCNC(=NCCn1cnnc1CC)N1CCC(O)CC1. The number of likely N-dealkylation sites (tertiary alicyclic amines) is 1. The quantitative estimate of drug-likeness (QED) is 0.602. The minimum atomic E-state index is -0.159. The Morgan fingerprint density at radius 3 is 2.86 bits per heavy atom. The molecule has 0 spiro atoms. The number of guanidine groups is 1. The van der Waals surface area contributed by atoms with Crippen molar-refractivity contribution in [2.24, 2.45) is 4.99 Å². The molecule has 0 saturated carbocycles. The lowest BCUT2D eigenvalue weighted by molar-refractivity contribution is 0.108. The maximum atomic E-state index is 9.59. The van der Waals surface area contributed by atoms with Crippen LogP contribution in [0.3, 0.4) is 0 Å². The summed E-state index contributed by atoms with van der Waals surface area (Å²) in [6.07, 6.45) is 4.12. The fourth-order valence-corrected chi connectivity index (χ4v) is 2.51. The molecule has 0 aliphatic carbocycles. The number of nitrogens with zero attached hydrogens (tertiary/aromatic N) is 5. The Hall–Kier alpha value is -1.63. The van der Waals surface area contributed by atoms with Gasteiger partial charge in [0.2, 0.25) is 0 Å². The van der Waals surface area contributed by atoms with Gasteiger partial charge in [0.25, 0.3) is 0 Å². The molecule has 1 aromatic heterocycles. The van der Waals surface area contributed by atoms with Crippen LogP contribution in [0, 0.1) is 0 Å². The summed E-state index contributed by atoms with van der Waals surface area (Å²) in [4.78, 5) is 6.91. The number of aliphatic hydroxyl groups is 1. The van der Waals surface area contributed by atoms with Crippen molar-refractivity contribution in [2.75, 3.05) is 26.2 Å². The summed E-state index contributed by atoms with van der Waals surface area (Å²) in [6.45, 7) is 8.22. The largest absolute Gasteiger partial charge is 0.393 e. The van der Waals surface area contributed by atoms with Crippen LogP contribution in [0.1, 0.15) is 32.5 Å². The molecule has 2 heterocycles. The molecular weight excluding hydrogens is 268 g/mol. The van der Waals surface area contributed by atoms with Gasteiger partial charge in [0.05, 0.1) is 12.6 Å². The first-order valence-corrected chi connectivity index (χ1v) is 7.82. The van der Waals surface area contributed by atoms with Gasteiger partial charge in [-0.05, 0) is 19.8 Å². The molecule has 1 aromatic rings. The van der Waals surface area contributed by atoms with Crippen LogP contribution in [0.15, 0.2) is 11.3 Å². The molecule has 0 bridgehead atoms. The number of rotatable bonds is 5. The van der Waals surface area contributed by atoms with Crippen LogP contribution in [0.25, 0.3) is 0 Å². The Morgan fingerprint density at radius 2 is 2.19 bits per heavy atom. The van der Waals surface area contributed by atoms with E-state index in [0.29, 0.717) is 6.54 Å². The zero-order chi connectivity index (χ0) is 15.1. The van der Waals surface area contributed by atoms with Gasteiger partial charge in [-0.2, -0.15) is 0 Å². The average molecular weight is 294 g/mol. The van der Waals surface area contributed by atoms with Crippen molar-refractivity contribution in [3.05, 3.63) is 12.2 Å². The first-order chi connectivity index (χ1) is 10.2. The zero-order valence-corrected chi connectivity index (χ0v) is 13.0. The topological polar surface area (TPSA) is 78.6 Å². The fraction of sp³-hybridized carbons (Fsp3) is 0.786. The van der Waals surface area contributed by atoms with Crippen molar-refractivity contribution in [1.82, 2.24) is 25.0 Å². The number of aliphatic imine (C=N–C) groups is 1. The van der Waals surface area contributed by atoms with Gasteiger partial charge >= 0.3 is 0 Å². The number of piperidine rings is 1. The van der Waals surface area contributed by atoms with E-state index in [1.165, 1.54) is 0 Å². The summed E-state index contributed by atoms with van der Waals surface area (Å²) in [6, 6.07) is 0. The number of nitrogens with one attached hydrogen (secondary N) is 1. The Morgan fingerprint density at radius 1 is 1.43 bits per heavy atom. The number of aryl methyl sites for hydroxylation is 1. The summed E-state index contributed by atoms with van der Waals surface area (Å²) in [5.74, 6) is 1.94. The predicted octanol–water partition coefficient (Wildman–Crippen LogP) is 0.263. The molecule has 7 heteroatoms. The van der Waals surface area contributed by atoms with E-state index in [2.05, 4.69) is 39.3 Å². The molecule has 118 valence electrons. The third-order valence-electron chi connectivity index (χ3n) is 3.71. The van der Waals surface area contributed by atoms with E-state index in [0.717, 1.165) is 57.2 Å². The Balaban J connectivity index is 1.91. The number of hydrogen-bond acceptors (Lipinski definition) is 4.